The van der Waals surface area contributed by atoms with Crippen LogP contribution in [0, 0.1) is 5.92 Å². The lowest BCUT2D eigenvalue weighted by molar-refractivity contribution is -0.122. The van der Waals surface area contributed by atoms with E-state index in [4.69, 9.17) is 4.52 Å². The smallest absolute Gasteiger partial charge is 0.230 e. The summed E-state index contributed by atoms with van der Waals surface area (Å²) in [6, 6.07) is 14.9. The quantitative estimate of drug-likeness (QED) is 0.568. The maximum atomic E-state index is 12.7. The van der Waals surface area contributed by atoms with Crippen molar-refractivity contribution < 1.29 is 14.1 Å². The molecule has 1 atom stereocenters. The first kappa shape index (κ1) is 19.9. The second-order valence-electron chi connectivity index (χ2n) is 8.04. The largest absolute Gasteiger partial charge is 0.339 e. The van der Waals surface area contributed by atoms with Crippen molar-refractivity contribution in [3.63, 3.8) is 0 Å². The Kier molecular flexibility index (Phi) is 5.31. The maximum Gasteiger partial charge on any atom is 0.230 e. The van der Waals surface area contributed by atoms with Crippen molar-refractivity contribution in [1.82, 2.24) is 10.1 Å². The van der Waals surface area contributed by atoms with Gasteiger partial charge in [0, 0.05) is 40.3 Å². The first-order valence-electron chi connectivity index (χ1n) is 10.4. The highest BCUT2D eigenvalue weighted by atomic mass is 79.9. The molecule has 158 valence electrons. The van der Waals surface area contributed by atoms with Gasteiger partial charge >= 0.3 is 0 Å². The molecule has 2 amide bonds. The van der Waals surface area contributed by atoms with Gasteiger partial charge in [0.1, 0.15) is 0 Å². The minimum Gasteiger partial charge on any atom is -0.339 e. The van der Waals surface area contributed by atoms with Crippen LogP contribution in [-0.4, -0.2) is 28.5 Å². The van der Waals surface area contributed by atoms with Crippen LogP contribution in [0.1, 0.15) is 37.5 Å². The number of rotatable bonds is 5. The standard InChI is InChI=1S/C23H21BrN4O3/c24-17-7-3-8-18(12-17)25-22(30)16-11-20(29)28(13-16)19-9-2-6-15(10-19)21-26-23(31-27-21)14-4-1-5-14/h2-3,6-10,12,14,16H,1,4-5,11,13H2,(H,25,30). The third-order valence-electron chi connectivity index (χ3n) is 5.90. The van der Waals surface area contributed by atoms with Gasteiger partial charge in [0.2, 0.25) is 23.5 Å². The molecule has 7 nitrogen and oxygen atoms in total. The van der Waals surface area contributed by atoms with Crippen molar-refractivity contribution in [2.24, 2.45) is 5.92 Å². The summed E-state index contributed by atoms with van der Waals surface area (Å²) in [5.74, 6) is 0.940. The average molecular weight is 481 g/mol. The number of hydrogen-bond donors (Lipinski definition) is 1. The number of carbonyl (C=O) groups excluding carboxylic acids is 2. The predicted molar refractivity (Wildman–Crippen MR) is 120 cm³/mol. The number of benzene rings is 2. The van der Waals surface area contributed by atoms with Crippen molar-refractivity contribution in [2.75, 3.05) is 16.8 Å². The molecule has 1 unspecified atom stereocenters. The van der Waals surface area contributed by atoms with E-state index in [0.29, 0.717) is 29.9 Å². The summed E-state index contributed by atoms with van der Waals surface area (Å²) in [5, 5.41) is 7.01. The topological polar surface area (TPSA) is 88.3 Å². The molecule has 2 aliphatic rings. The van der Waals surface area contributed by atoms with E-state index in [1.165, 1.54) is 6.42 Å². The Hall–Kier alpha value is -3.00. The lowest BCUT2D eigenvalue weighted by Crippen LogP contribution is -2.28. The van der Waals surface area contributed by atoms with Crippen LogP contribution < -0.4 is 10.2 Å². The van der Waals surface area contributed by atoms with Gasteiger partial charge in [-0.25, -0.2) is 0 Å². The Morgan fingerprint density at radius 2 is 2.00 bits per heavy atom. The SMILES string of the molecule is O=C(Nc1cccc(Br)c1)C1CC(=O)N(c2cccc(-c3noc(C4CCC4)n3)c2)C1. The Morgan fingerprint density at radius 1 is 1.16 bits per heavy atom. The van der Waals surface area contributed by atoms with Gasteiger partial charge in [-0.05, 0) is 43.2 Å². The summed E-state index contributed by atoms with van der Waals surface area (Å²) < 4.78 is 6.31. The highest BCUT2D eigenvalue weighted by Crippen LogP contribution is 2.36. The van der Waals surface area contributed by atoms with Crippen molar-refractivity contribution in [1.29, 1.82) is 0 Å². The number of nitrogens with zero attached hydrogens (tertiary/aromatic N) is 3. The first-order chi connectivity index (χ1) is 15.1. The molecule has 0 spiro atoms. The molecule has 1 N–H and O–H groups in total. The van der Waals surface area contributed by atoms with Gasteiger partial charge in [-0.1, -0.05) is 45.7 Å². The number of amides is 2. The van der Waals surface area contributed by atoms with Gasteiger partial charge in [-0.3, -0.25) is 9.59 Å². The molecule has 2 aromatic carbocycles. The van der Waals surface area contributed by atoms with E-state index in [9.17, 15) is 9.59 Å². The van der Waals surface area contributed by atoms with Crippen molar-refractivity contribution in [3.05, 3.63) is 58.9 Å². The van der Waals surface area contributed by atoms with Crippen LogP contribution in [0.5, 0.6) is 0 Å². The third-order valence-corrected chi connectivity index (χ3v) is 6.39. The van der Waals surface area contributed by atoms with E-state index in [2.05, 4.69) is 31.4 Å². The van der Waals surface area contributed by atoms with E-state index < -0.39 is 5.92 Å². The highest BCUT2D eigenvalue weighted by Gasteiger charge is 2.35. The summed E-state index contributed by atoms with van der Waals surface area (Å²) in [4.78, 5) is 31.6. The number of halogens is 1. The van der Waals surface area contributed by atoms with Gasteiger partial charge in [-0.2, -0.15) is 4.98 Å². The van der Waals surface area contributed by atoms with E-state index in [-0.39, 0.29) is 18.2 Å². The number of hydrogen-bond acceptors (Lipinski definition) is 5. The van der Waals surface area contributed by atoms with Crippen LogP contribution in [0.2, 0.25) is 0 Å². The lowest BCUT2D eigenvalue weighted by Gasteiger charge is -2.20. The molecular weight excluding hydrogens is 460 g/mol. The average Bonchev–Trinajstić information content (AvgIpc) is 3.34. The van der Waals surface area contributed by atoms with Crippen molar-refractivity contribution >= 4 is 39.1 Å². The zero-order chi connectivity index (χ0) is 21.4. The first-order valence-corrected chi connectivity index (χ1v) is 11.2. The zero-order valence-corrected chi connectivity index (χ0v) is 18.3. The predicted octanol–water partition coefficient (Wildman–Crippen LogP) is 4.76. The highest BCUT2D eigenvalue weighted by molar-refractivity contribution is 9.10. The summed E-state index contributed by atoms with van der Waals surface area (Å²) in [7, 11) is 0. The monoisotopic (exact) mass is 480 g/mol. The number of aromatic nitrogens is 2. The summed E-state index contributed by atoms with van der Waals surface area (Å²) in [5.41, 5.74) is 2.23. The molecule has 1 aromatic heterocycles. The van der Waals surface area contributed by atoms with Crippen LogP contribution >= 0.6 is 15.9 Å². The van der Waals surface area contributed by atoms with Gasteiger partial charge in [0.05, 0.1) is 5.92 Å². The molecule has 1 saturated heterocycles. The van der Waals surface area contributed by atoms with E-state index in [1.807, 2.05) is 48.5 Å². The second kappa shape index (κ2) is 8.26. The molecule has 8 heteroatoms. The van der Waals surface area contributed by atoms with Gasteiger partial charge in [0.15, 0.2) is 0 Å². The molecule has 0 bridgehead atoms. The fourth-order valence-corrected chi connectivity index (χ4v) is 4.33. The Labute approximate surface area is 188 Å². The molecule has 0 radical (unpaired) electrons. The maximum absolute atomic E-state index is 12.7. The number of nitrogens with one attached hydrogen (secondary N) is 1. The molecule has 1 aliphatic carbocycles. The number of anilines is 2. The minimum atomic E-state index is -0.412. The summed E-state index contributed by atoms with van der Waals surface area (Å²) >= 11 is 3.40. The van der Waals surface area contributed by atoms with Crippen LogP contribution in [0.4, 0.5) is 11.4 Å². The summed E-state index contributed by atoms with van der Waals surface area (Å²) in [6.07, 6.45) is 3.56. The number of carbonyl (C=O) groups is 2. The molecule has 1 aliphatic heterocycles. The van der Waals surface area contributed by atoms with Gasteiger partial charge in [0.25, 0.3) is 0 Å². The van der Waals surface area contributed by atoms with E-state index >= 15 is 0 Å². The molecule has 5 rings (SSSR count). The normalized spacial score (nSPS) is 18.8. The van der Waals surface area contributed by atoms with Crippen LogP contribution in [0.3, 0.4) is 0 Å². The van der Waals surface area contributed by atoms with Crippen LogP contribution in [0.15, 0.2) is 57.5 Å². The molecule has 2 fully saturated rings. The van der Waals surface area contributed by atoms with Gasteiger partial charge < -0.3 is 14.7 Å². The van der Waals surface area contributed by atoms with Crippen LogP contribution in [0.25, 0.3) is 11.4 Å². The summed E-state index contributed by atoms with van der Waals surface area (Å²) in [6.45, 7) is 0.335. The molecule has 2 heterocycles. The second-order valence-corrected chi connectivity index (χ2v) is 8.96. The Bertz CT molecular complexity index is 1140. The lowest BCUT2D eigenvalue weighted by atomic mass is 9.85. The molecule has 1 saturated carbocycles. The van der Waals surface area contributed by atoms with Gasteiger partial charge in [-0.15, -0.1) is 0 Å². The molecular formula is C23H21BrN4O3. The van der Waals surface area contributed by atoms with E-state index in [0.717, 1.165) is 28.6 Å². The van der Waals surface area contributed by atoms with E-state index in [1.54, 1.807) is 4.90 Å². The Balaban J connectivity index is 1.30. The fraction of sp³-hybridized carbons (Fsp3) is 0.304. The third kappa shape index (κ3) is 4.12. The van der Waals surface area contributed by atoms with Crippen molar-refractivity contribution in [2.45, 2.75) is 31.6 Å². The van der Waals surface area contributed by atoms with Crippen molar-refractivity contribution in [3.8, 4) is 11.4 Å². The minimum absolute atomic E-state index is 0.0742. The molecule has 31 heavy (non-hydrogen) atoms. The fourth-order valence-electron chi connectivity index (χ4n) is 3.93. The van der Waals surface area contributed by atoms with Crippen LogP contribution in [-0.2, 0) is 9.59 Å². The zero-order valence-electron chi connectivity index (χ0n) is 16.8. The Morgan fingerprint density at radius 3 is 2.77 bits per heavy atom. The molecule has 3 aromatic rings.